The lowest BCUT2D eigenvalue weighted by molar-refractivity contribution is 0.0944. The van der Waals surface area contributed by atoms with Gasteiger partial charge >= 0.3 is 0 Å². The maximum atomic E-state index is 12.1. The molecule has 24 heavy (non-hydrogen) atoms. The molecular weight excluding hydrogens is 304 g/mol. The number of hydrogen-bond donors (Lipinski definition) is 2. The number of nitrogens with zero attached hydrogens (tertiary/aromatic N) is 2. The van der Waals surface area contributed by atoms with Crippen LogP contribution in [-0.2, 0) is 0 Å². The second kappa shape index (κ2) is 9.18. The molecule has 0 aliphatic carbocycles. The zero-order valence-corrected chi connectivity index (χ0v) is 15.3. The van der Waals surface area contributed by atoms with Crippen LogP contribution in [0.25, 0.3) is 0 Å². The van der Waals surface area contributed by atoms with Gasteiger partial charge in [0.1, 0.15) is 6.26 Å². The van der Waals surface area contributed by atoms with Crippen molar-refractivity contribution < 1.29 is 9.21 Å². The second-order valence-electron chi connectivity index (χ2n) is 6.97. The monoisotopic (exact) mass is 336 g/mol. The van der Waals surface area contributed by atoms with Gasteiger partial charge in [0.25, 0.3) is 5.91 Å². The summed E-state index contributed by atoms with van der Waals surface area (Å²) >= 11 is 0. The van der Waals surface area contributed by atoms with E-state index in [1.54, 1.807) is 0 Å². The van der Waals surface area contributed by atoms with Gasteiger partial charge in [-0.1, -0.05) is 26.7 Å². The van der Waals surface area contributed by atoms with Gasteiger partial charge in [-0.25, -0.2) is 4.98 Å². The molecule has 1 fully saturated rings. The van der Waals surface area contributed by atoms with Crippen molar-refractivity contribution in [3.8, 4) is 0 Å². The summed E-state index contributed by atoms with van der Waals surface area (Å²) in [5.74, 6) is 0.524. The van der Waals surface area contributed by atoms with Crippen molar-refractivity contribution in [2.24, 2.45) is 11.7 Å². The Morgan fingerprint density at radius 2 is 2.33 bits per heavy atom. The highest BCUT2D eigenvalue weighted by molar-refractivity contribution is 5.91. The zero-order valence-electron chi connectivity index (χ0n) is 15.3. The van der Waals surface area contributed by atoms with Gasteiger partial charge in [0.15, 0.2) is 5.69 Å². The lowest BCUT2D eigenvalue weighted by Crippen LogP contribution is -2.39. The number of carbonyl (C=O) groups is 1. The summed E-state index contributed by atoms with van der Waals surface area (Å²) < 4.78 is 5.38. The molecule has 3 N–H and O–H groups in total. The van der Waals surface area contributed by atoms with Gasteiger partial charge < -0.3 is 20.4 Å². The van der Waals surface area contributed by atoms with E-state index in [9.17, 15) is 4.79 Å². The molecule has 6 nitrogen and oxygen atoms in total. The highest BCUT2D eigenvalue weighted by Gasteiger charge is 2.21. The Morgan fingerprint density at radius 1 is 1.54 bits per heavy atom. The minimum absolute atomic E-state index is 0.187. The molecule has 0 spiro atoms. The summed E-state index contributed by atoms with van der Waals surface area (Å²) in [6, 6.07) is 0.395. The summed E-state index contributed by atoms with van der Waals surface area (Å²) in [4.78, 5) is 18.9. The lowest BCUT2D eigenvalue weighted by Gasteiger charge is -2.33. The van der Waals surface area contributed by atoms with Gasteiger partial charge in [-0.3, -0.25) is 4.79 Å². The molecule has 1 aliphatic heterocycles. The third-order valence-electron chi connectivity index (χ3n) is 5.14. The van der Waals surface area contributed by atoms with Crippen LogP contribution in [0, 0.1) is 5.92 Å². The van der Waals surface area contributed by atoms with Gasteiger partial charge in [-0.15, -0.1) is 0 Å². The average molecular weight is 336 g/mol. The minimum atomic E-state index is -0.267. The quantitative estimate of drug-likeness (QED) is 0.713. The predicted molar refractivity (Wildman–Crippen MR) is 94.7 cm³/mol. The van der Waals surface area contributed by atoms with Gasteiger partial charge in [0.05, 0.1) is 6.04 Å². The Hall–Kier alpha value is -1.40. The molecule has 3 unspecified atom stereocenters. The molecule has 0 aromatic carbocycles. The SMILES string of the molecule is CCC(C)C(N)c1nc(C(=O)NCCCN2CCCCC2C)co1. The zero-order chi connectivity index (χ0) is 17.5. The molecule has 0 radical (unpaired) electrons. The first-order chi connectivity index (χ1) is 11.5. The summed E-state index contributed by atoms with van der Waals surface area (Å²) in [5, 5.41) is 2.92. The first-order valence-corrected chi connectivity index (χ1v) is 9.26. The number of rotatable bonds is 8. The van der Waals surface area contributed by atoms with Crippen molar-refractivity contribution in [1.82, 2.24) is 15.2 Å². The van der Waals surface area contributed by atoms with E-state index < -0.39 is 0 Å². The molecule has 1 saturated heterocycles. The molecule has 0 saturated carbocycles. The third-order valence-corrected chi connectivity index (χ3v) is 5.14. The van der Waals surface area contributed by atoms with Gasteiger partial charge in [-0.05, 0) is 38.6 Å². The van der Waals surface area contributed by atoms with Gasteiger partial charge in [-0.2, -0.15) is 0 Å². The van der Waals surface area contributed by atoms with Crippen LogP contribution in [0.5, 0.6) is 0 Å². The standard InChI is InChI=1S/C18H32N4O2/c1-4-13(2)16(19)18-21-15(12-24-18)17(23)20-9-7-11-22-10-6-5-8-14(22)3/h12-14,16H,4-11,19H2,1-3H3,(H,20,23). The number of hydrogen-bond acceptors (Lipinski definition) is 5. The predicted octanol–water partition coefficient (Wildman–Crippen LogP) is 2.71. The number of nitrogens with two attached hydrogens (primary N) is 1. The molecule has 1 amide bonds. The number of oxazole rings is 1. The summed E-state index contributed by atoms with van der Waals surface area (Å²) in [7, 11) is 0. The molecule has 1 aromatic heterocycles. The Balaban J connectivity index is 1.73. The molecule has 136 valence electrons. The molecule has 3 atom stereocenters. The number of amides is 1. The number of piperidine rings is 1. The minimum Gasteiger partial charge on any atom is -0.446 e. The second-order valence-corrected chi connectivity index (χ2v) is 6.97. The Morgan fingerprint density at radius 3 is 3.04 bits per heavy atom. The fourth-order valence-electron chi connectivity index (χ4n) is 3.11. The third kappa shape index (κ3) is 5.05. The van der Waals surface area contributed by atoms with E-state index in [1.165, 1.54) is 32.1 Å². The molecule has 1 aromatic rings. The van der Waals surface area contributed by atoms with Crippen LogP contribution in [0.2, 0.25) is 0 Å². The van der Waals surface area contributed by atoms with Crippen LogP contribution in [0.3, 0.4) is 0 Å². The van der Waals surface area contributed by atoms with Crippen LogP contribution in [0.15, 0.2) is 10.7 Å². The van der Waals surface area contributed by atoms with E-state index in [4.69, 9.17) is 10.2 Å². The van der Waals surface area contributed by atoms with Crippen molar-refractivity contribution >= 4 is 5.91 Å². The van der Waals surface area contributed by atoms with Crippen molar-refractivity contribution in [2.75, 3.05) is 19.6 Å². The maximum Gasteiger partial charge on any atom is 0.273 e. The summed E-state index contributed by atoms with van der Waals surface area (Å²) in [6.07, 6.45) is 7.20. The molecule has 1 aliphatic rings. The smallest absolute Gasteiger partial charge is 0.273 e. The Kier molecular flexibility index (Phi) is 7.24. The fraction of sp³-hybridized carbons (Fsp3) is 0.778. The van der Waals surface area contributed by atoms with E-state index in [1.807, 2.05) is 0 Å². The number of carbonyl (C=O) groups excluding carboxylic acids is 1. The van der Waals surface area contributed by atoms with Crippen LogP contribution in [0.4, 0.5) is 0 Å². The first-order valence-electron chi connectivity index (χ1n) is 9.26. The highest BCUT2D eigenvalue weighted by Crippen LogP contribution is 2.21. The molecule has 0 bridgehead atoms. The molecular formula is C18H32N4O2. The van der Waals surface area contributed by atoms with Gasteiger partial charge in [0.2, 0.25) is 5.89 Å². The molecule has 2 heterocycles. The summed E-state index contributed by atoms with van der Waals surface area (Å²) in [6.45, 7) is 9.27. The van der Waals surface area contributed by atoms with Crippen molar-refractivity contribution in [2.45, 2.75) is 65.0 Å². The van der Waals surface area contributed by atoms with E-state index in [2.05, 4.69) is 36.0 Å². The first kappa shape index (κ1) is 18.9. The maximum absolute atomic E-state index is 12.1. The van der Waals surface area contributed by atoms with E-state index in [0.29, 0.717) is 24.2 Å². The van der Waals surface area contributed by atoms with Crippen molar-refractivity contribution in [1.29, 1.82) is 0 Å². The van der Waals surface area contributed by atoms with E-state index in [0.717, 1.165) is 19.4 Å². The number of nitrogens with one attached hydrogen (secondary N) is 1. The normalized spacial score (nSPS) is 21.4. The van der Waals surface area contributed by atoms with E-state index in [-0.39, 0.29) is 17.9 Å². The van der Waals surface area contributed by atoms with Crippen molar-refractivity contribution in [3.63, 3.8) is 0 Å². The van der Waals surface area contributed by atoms with Crippen LogP contribution >= 0.6 is 0 Å². The average Bonchev–Trinajstić information content (AvgIpc) is 3.08. The molecule has 6 heteroatoms. The van der Waals surface area contributed by atoms with Crippen molar-refractivity contribution in [3.05, 3.63) is 17.8 Å². The fourth-order valence-corrected chi connectivity index (χ4v) is 3.11. The Labute approximate surface area is 145 Å². The largest absolute Gasteiger partial charge is 0.446 e. The molecule has 2 rings (SSSR count). The topological polar surface area (TPSA) is 84.4 Å². The number of aromatic nitrogens is 1. The van der Waals surface area contributed by atoms with Crippen LogP contribution in [0.1, 0.15) is 75.3 Å². The van der Waals surface area contributed by atoms with Crippen LogP contribution in [-0.4, -0.2) is 41.5 Å². The highest BCUT2D eigenvalue weighted by atomic mass is 16.3. The van der Waals surface area contributed by atoms with Crippen LogP contribution < -0.4 is 11.1 Å². The summed E-state index contributed by atoms with van der Waals surface area (Å²) in [5.41, 5.74) is 6.40. The van der Waals surface area contributed by atoms with E-state index >= 15 is 0 Å². The lowest BCUT2D eigenvalue weighted by atomic mass is 10.0. The van der Waals surface area contributed by atoms with Gasteiger partial charge in [0, 0.05) is 19.1 Å². The Bertz CT molecular complexity index is 517. The number of likely N-dealkylation sites (tertiary alicyclic amines) is 1.